The first kappa shape index (κ1) is 19.2. The summed E-state index contributed by atoms with van der Waals surface area (Å²) in [5, 5.41) is 2.84. The number of benzene rings is 1. The van der Waals surface area contributed by atoms with Crippen molar-refractivity contribution in [3.63, 3.8) is 0 Å². The molecule has 0 spiro atoms. The summed E-state index contributed by atoms with van der Waals surface area (Å²) in [7, 11) is -1.45. The first-order valence-corrected chi connectivity index (χ1v) is 10.5. The number of piperidine rings is 1. The minimum Gasteiger partial charge on any atom is -0.331 e. The van der Waals surface area contributed by atoms with Crippen LogP contribution < -0.4 is 5.32 Å². The number of carbonyl (C=O) groups is 2. The molecule has 1 N–H and O–H groups in total. The van der Waals surface area contributed by atoms with Gasteiger partial charge < -0.3 is 9.88 Å². The van der Waals surface area contributed by atoms with Crippen molar-refractivity contribution in [3.8, 4) is 0 Å². The molecule has 1 amide bonds. The van der Waals surface area contributed by atoms with Crippen LogP contribution in [0.15, 0.2) is 36.7 Å². The first-order valence-electron chi connectivity index (χ1n) is 8.64. The highest BCUT2D eigenvalue weighted by Gasteiger charge is 2.29. The van der Waals surface area contributed by atoms with E-state index in [-0.39, 0.29) is 17.6 Å². The van der Waals surface area contributed by atoms with Gasteiger partial charge in [-0.2, -0.15) is 0 Å². The van der Waals surface area contributed by atoms with Crippen molar-refractivity contribution in [1.29, 1.82) is 0 Å². The number of sulfonamides is 1. The summed E-state index contributed by atoms with van der Waals surface area (Å²) >= 11 is 0. The molecular weight excluding hydrogens is 368 g/mol. The van der Waals surface area contributed by atoms with Gasteiger partial charge >= 0.3 is 0 Å². The summed E-state index contributed by atoms with van der Waals surface area (Å²) in [6.07, 6.45) is 5.44. The molecule has 1 saturated heterocycles. The van der Waals surface area contributed by atoms with Crippen LogP contribution in [0.4, 0.5) is 5.69 Å². The monoisotopic (exact) mass is 390 g/mol. The standard InChI is InChI=1S/C18H22N4O4S/c1-21-12-9-19-17(21)16(23)13-3-5-15(6-4-13)20-18(24)14-7-10-22(11-8-14)27(2,25)26/h3-6,9,12,14H,7-8,10-11H2,1-2H3,(H,20,24). The van der Waals surface area contributed by atoms with Gasteiger partial charge in [-0.15, -0.1) is 0 Å². The summed E-state index contributed by atoms with van der Waals surface area (Å²) in [5.74, 6) is -0.193. The van der Waals surface area contributed by atoms with E-state index < -0.39 is 10.0 Å². The number of rotatable bonds is 5. The molecule has 0 unspecified atom stereocenters. The highest BCUT2D eigenvalue weighted by Crippen LogP contribution is 2.21. The number of amides is 1. The Labute approximate surface area is 158 Å². The Bertz CT molecular complexity index is 942. The number of aryl methyl sites for hydroxylation is 1. The lowest BCUT2D eigenvalue weighted by Crippen LogP contribution is -2.40. The number of nitrogens with one attached hydrogen (secondary N) is 1. The van der Waals surface area contributed by atoms with E-state index in [1.165, 1.54) is 10.6 Å². The Morgan fingerprint density at radius 3 is 2.30 bits per heavy atom. The van der Waals surface area contributed by atoms with Gasteiger partial charge in [0.25, 0.3) is 0 Å². The van der Waals surface area contributed by atoms with Crippen LogP contribution in [0.2, 0.25) is 0 Å². The largest absolute Gasteiger partial charge is 0.331 e. The van der Waals surface area contributed by atoms with Crippen LogP contribution in [0.5, 0.6) is 0 Å². The summed E-state index contributed by atoms with van der Waals surface area (Å²) < 4.78 is 26.1. The number of hydrogen-bond acceptors (Lipinski definition) is 5. The maximum atomic E-state index is 12.4. The van der Waals surface area contributed by atoms with Crippen molar-refractivity contribution < 1.29 is 18.0 Å². The molecule has 3 rings (SSSR count). The van der Waals surface area contributed by atoms with Crippen LogP contribution in [-0.2, 0) is 21.9 Å². The molecule has 1 fully saturated rings. The third-order valence-corrected chi connectivity index (χ3v) is 6.04. The number of carbonyl (C=O) groups excluding carboxylic acids is 2. The SMILES string of the molecule is Cn1ccnc1C(=O)c1ccc(NC(=O)C2CCN(S(C)(=O)=O)CC2)cc1. The second-order valence-electron chi connectivity index (χ2n) is 6.69. The molecule has 0 bridgehead atoms. The number of imidazole rings is 1. The average Bonchev–Trinajstić information content (AvgIpc) is 3.07. The smallest absolute Gasteiger partial charge is 0.228 e. The fraction of sp³-hybridized carbons (Fsp3) is 0.389. The van der Waals surface area contributed by atoms with Crippen LogP contribution in [0, 0.1) is 5.92 Å². The molecular formula is C18H22N4O4S. The van der Waals surface area contributed by atoms with E-state index in [4.69, 9.17) is 0 Å². The molecule has 0 atom stereocenters. The van der Waals surface area contributed by atoms with Gasteiger partial charge in [0, 0.05) is 49.7 Å². The van der Waals surface area contributed by atoms with Gasteiger partial charge in [-0.05, 0) is 37.1 Å². The fourth-order valence-electron chi connectivity index (χ4n) is 3.11. The predicted octanol–water partition coefficient (Wildman–Crippen LogP) is 1.26. The minimum atomic E-state index is -3.21. The molecule has 1 aliphatic heterocycles. The summed E-state index contributed by atoms with van der Waals surface area (Å²) in [6, 6.07) is 6.66. The quantitative estimate of drug-likeness (QED) is 0.775. The Balaban J connectivity index is 1.59. The molecule has 1 aromatic heterocycles. The molecule has 0 radical (unpaired) electrons. The van der Waals surface area contributed by atoms with Crippen LogP contribution in [0.25, 0.3) is 0 Å². The van der Waals surface area contributed by atoms with E-state index in [0.717, 1.165) is 0 Å². The Morgan fingerprint density at radius 1 is 1.15 bits per heavy atom. The summed E-state index contributed by atoms with van der Waals surface area (Å²) in [5.41, 5.74) is 1.09. The molecule has 1 aromatic carbocycles. The third-order valence-electron chi connectivity index (χ3n) is 4.73. The molecule has 0 saturated carbocycles. The van der Waals surface area contributed by atoms with Crippen molar-refractivity contribution in [2.75, 3.05) is 24.7 Å². The van der Waals surface area contributed by atoms with Gasteiger partial charge in [-0.3, -0.25) is 9.59 Å². The molecule has 0 aliphatic carbocycles. The van der Waals surface area contributed by atoms with E-state index >= 15 is 0 Å². The van der Waals surface area contributed by atoms with Gasteiger partial charge in [0.15, 0.2) is 5.82 Å². The topological polar surface area (TPSA) is 101 Å². The maximum Gasteiger partial charge on any atom is 0.228 e. The highest BCUT2D eigenvalue weighted by atomic mass is 32.2. The molecule has 27 heavy (non-hydrogen) atoms. The van der Waals surface area contributed by atoms with Crippen molar-refractivity contribution in [1.82, 2.24) is 13.9 Å². The van der Waals surface area contributed by atoms with E-state index in [9.17, 15) is 18.0 Å². The predicted molar refractivity (Wildman–Crippen MR) is 101 cm³/mol. The molecule has 8 nitrogen and oxygen atoms in total. The van der Waals surface area contributed by atoms with Crippen LogP contribution in [-0.4, -0.2) is 53.3 Å². The van der Waals surface area contributed by atoms with Crippen molar-refractivity contribution in [2.45, 2.75) is 12.8 Å². The fourth-order valence-corrected chi connectivity index (χ4v) is 3.99. The molecule has 2 heterocycles. The third kappa shape index (κ3) is 4.42. The Hall–Kier alpha value is -2.52. The van der Waals surface area contributed by atoms with E-state index in [0.29, 0.717) is 43.0 Å². The number of hydrogen-bond donors (Lipinski definition) is 1. The number of nitrogens with zero attached hydrogens (tertiary/aromatic N) is 3. The minimum absolute atomic E-state index is 0.133. The lowest BCUT2D eigenvalue weighted by molar-refractivity contribution is -0.120. The van der Waals surface area contributed by atoms with E-state index in [1.54, 1.807) is 48.3 Å². The number of anilines is 1. The lowest BCUT2D eigenvalue weighted by Gasteiger charge is -2.29. The summed E-state index contributed by atoms with van der Waals surface area (Å²) in [6.45, 7) is 0.710. The Kier molecular flexibility index (Phi) is 5.43. The second-order valence-corrected chi connectivity index (χ2v) is 8.68. The normalized spacial score (nSPS) is 16.2. The highest BCUT2D eigenvalue weighted by molar-refractivity contribution is 7.88. The summed E-state index contributed by atoms with van der Waals surface area (Å²) in [4.78, 5) is 28.9. The van der Waals surface area contributed by atoms with Crippen LogP contribution >= 0.6 is 0 Å². The lowest BCUT2D eigenvalue weighted by atomic mass is 9.97. The number of aromatic nitrogens is 2. The van der Waals surface area contributed by atoms with Crippen LogP contribution in [0.1, 0.15) is 29.0 Å². The molecule has 144 valence electrons. The first-order chi connectivity index (χ1) is 12.8. The van der Waals surface area contributed by atoms with Gasteiger partial charge in [-0.1, -0.05) is 0 Å². The molecule has 2 aromatic rings. The van der Waals surface area contributed by atoms with E-state index in [2.05, 4.69) is 10.3 Å². The van der Waals surface area contributed by atoms with Crippen LogP contribution in [0.3, 0.4) is 0 Å². The van der Waals surface area contributed by atoms with Crippen molar-refractivity contribution in [2.24, 2.45) is 13.0 Å². The van der Waals surface area contributed by atoms with Crippen molar-refractivity contribution >= 4 is 27.4 Å². The Morgan fingerprint density at radius 2 is 1.78 bits per heavy atom. The second kappa shape index (κ2) is 7.61. The zero-order valence-electron chi connectivity index (χ0n) is 15.3. The van der Waals surface area contributed by atoms with E-state index in [1.807, 2.05) is 0 Å². The average molecular weight is 390 g/mol. The van der Waals surface area contributed by atoms with Gasteiger partial charge in [0.1, 0.15) is 0 Å². The van der Waals surface area contributed by atoms with Gasteiger partial charge in [0.2, 0.25) is 21.7 Å². The van der Waals surface area contributed by atoms with Gasteiger partial charge in [-0.25, -0.2) is 17.7 Å². The van der Waals surface area contributed by atoms with Gasteiger partial charge in [0.05, 0.1) is 6.26 Å². The molecule has 1 aliphatic rings. The zero-order chi connectivity index (χ0) is 19.6. The maximum absolute atomic E-state index is 12.4. The zero-order valence-corrected chi connectivity index (χ0v) is 16.1. The number of ketones is 1. The van der Waals surface area contributed by atoms with Crippen molar-refractivity contribution in [3.05, 3.63) is 48.0 Å². The molecule has 9 heteroatoms.